The average Bonchev–Trinajstić information content (AvgIpc) is 2.51. The van der Waals surface area contributed by atoms with E-state index in [9.17, 15) is 18.0 Å². The molecule has 0 fully saturated rings. The molecule has 0 aliphatic carbocycles. The average molecular weight is 366 g/mol. The van der Waals surface area contributed by atoms with Crippen molar-refractivity contribution in [3.63, 3.8) is 0 Å². The van der Waals surface area contributed by atoms with Crippen molar-refractivity contribution in [2.24, 2.45) is 0 Å². The third kappa shape index (κ3) is 8.72. The van der Waals surface area contributed by atoms with Crippen LogP contribution in [0.25, 0.3) is 0 Å². The van der Waals surface area contributed by atoms with Gasteiger partial charge in [-0.1, -0.05) is 29.8 Å². The number of urea groups is 1. The van der Waals surface area contributed by atoms with Crippen LogP contribution in [-0.2, 0) is 21.2 Å². The minimum atomic E-state index is -3.49. The van der Waals surface area contributed by atoms with Crippen LogP contribution >= 0.6 is 0 Å². The maximum atomic E-state index is 12.0. The highest BCUT2D eigenvalue weighted by molar-refractivity contribution is 7.90. The molecule has 1 unspecified atom stereocenters. The second-order valence-electron chi connectivity index (χ2n) is 5.66. The van der Waals surface area contributed by atoms with Gasteiger partial charge in [-0.3, -0.25) is 4.79 Å². The third-order valence-corrected chi connectivity index (χ3v) is 4.10. The quantitative estimate of drug-likeness (QED) is 0.568. The molecule has 0 spiro atoms. The molecule has 3 amide bonds. The molecule has 0 heterocycles. The van der Waals surface area contributed by atoms with Gasteiger partial charge in [0.15, 0.2) is 0 Å². The molecular formula is C16H22N4O4S. The van der Waals surface area contributed by atoms with Gasteiger partial charge in [-0.25, -0.2) is 13.2 Å². The fourth-order valence-corrected chi connectivity index (χ4v) is 2.90. The zero-order valence-corrected chi connectivity index (χ0v) is 15.0. The van der Waals surface area contributed by atoms with Gasteiger partial charge in [0.1, 0.15) is 15.9 Å². The molecule has 0 saturated heterocycles. The SMILES string of the molecule is Cc1cccc(CNC(=O)NC(CS(C)(=O)=O)C(=O)NCCC#N)c1. The Hall–Kier alpha value is -2.60. The fourth-order valence-electron chi connectivity index (χ4n) is 2.06. The predicted molar refractivity (Wildman–Crippen MR) is 93.3 cm³/mol. The Morgan fingerprint density at radius 2 is 2.00 bits per heavy atom. The Morgan fingerprint density at radius 3 is 2.60 bits per heavy atom. The number of carbonyl (C=O) groups is 2. The van der Waals surface area contributed by atoms with Crippen LogP contribution in [0.5, 0.6) is 0 Å². The highest BCUT2D eigenvalue weighted by Gasteiger charge is 2.24. The van der Waals surface area contributed by atoms with Gasteiger partial charge in [-0.2, -0.15) is 5.26 Å². The lowest BCUT2D eigenvalue weighted by Crippen LogP contribution is -2.53. The highest BCUT2D eigenvalue weighted by atomic mass is 32.2. The molecule has 1 aromatic carbocycles. The summed E-state index contributed by atoms with van der Waals surface area (Å²) in [5.41, 5.74) is 1.93. The van der Waals surface area contributed by atoms with Crippen molar-refractivity contribution < 1.29 is 18.0 Å². The first-order chi connectivity index (χ1) is 11.7. The van der Waals surface area contributed by atoms with E-state index in [-0.39, 0.29) is 19.5 Å². The van der Waals surface area contributed by atoms with E-state index in [0.717, 1.165) is 17.4 Å². The smallest absolute Gasteiger partial charge is 0.315 e. The summed E-state index contributed by atoms with van der Waals surface area (Å²) in [7, 11) is -3.49. The lowest BCUT2D eigenvalue weighted by molar-refractivity contribution is -0.122. The van der Waals surface area contributed by atoms with Gasteiger partial charge in [0, 0.05) is 19.3 Å². The summed E-state index contributed by atoms with van der Waals surface area (Å²) >= 11 is 0. The monoisotopic (exact) mass is 366 g/mol. The molecule has 0 aliphatic heterocycles. The van der Waals surface area contributed by atoms with E-state index in [0.29, 0.717) is 0 Å². The molecule has 1 atom stereocenters. The summed E-state index contributed by atoms with van der Waals surface area (Å²) in [5, 5.41) is 15.8. The summed E-state index contributed by atoms with van der Waals surface area (Å²) in [6.07, 6.45) is 1.08. The molecule has 9 heteroatoms. The second kappa shape index (κ2) is 9.64. The van der Waals surface area contributed by atoms with E-state index >= 15 is 0 Å². The summed E-state index contributed by atoms with van der Waals surface area (Å²) in [4.78, 5) is 24.0. The minimum absolute atomic E-state index is 0.0855. The largest absolute Gasteiger partial charge is 0.353 e. The Balaban J connectivity index is 2.64. The first-order valence-corrected chi connectivity index (χ1v) is 9.69. The number of rotatable bonds is 8. The Kier molecular flexibility index (Phi) is 7.88. The van der Waals surface area contributed by atoms with Crippen molar-refractivity contribution in [2.45, 2.75) is 25.9 Å². The predicted octanol–water partition coefficient (Wildman–Crippen LogP) is 0.237. The van der Waals surface area contributed by atoms with E-state index in [4.69, 9.17) is 5.26 Å². The second-order valence-corrected chi connectivity index (χ2v) is 7.85. The molecule has 0 bridgehead atoms. The summed E-state index contributed by atoms with van der Waals surface area (Å²) in [5.74, 6) is -1.17. The molecule has 8 nitrogen and oxygen atoms in total. The van der Waals surface area contributed by atoms with Crippen LogP contribution in [-0.4, -0.2) is 45.0 Å². The first-order valence-electron chi connectivity index (χ1n) is 7.63. The molecule has 136 valence electrons. The maximum absolute atomic E-state index is 12.0. The van der Waals surface area contributed by atoms with Gasteiger partial charge in [-0.05, 0) is 12.5 Å². The van der Waals surface area contributed by atoms with Gasteiger partial charge in [0.25, 0.3) is 0 Å². The number of benzene rings is 1. The van der Waals surface area contributed by atoms with Crippen LogP contribution in [0.15, 0.2) is 24.3 Å². The fraction of sp³-hybridized carbons (Fsp3) is 0.438. The number of aryl methyl sites for hydroxylation is 1. The lowest BCUT2D eigenvalue weighted by atomic mass is 10.1. The van der Waals surface area contributed by atoms with Crippen LogP contribution in [0.3, 0.4) is 0 Å². The van der Waals surface area contributed by atoms with Crippen molar-refractivity contribution in [1.29, 1.82) is 5.26 Å². The van der Waals surface area contributed by atoms with Crippen LogP contribution in [0.2, 0.25) is 0 Å². The summed E-state index contributed by atoms with van der Waals surface area (Å²) < 4.78 is 22.9. The molecule has 3 N–H and O–H groups in total. The molecule has 0 saturated carbocycles. The first kappa shape index (κ1) is 20.4. The number of carbonyl (C=O) groups excluding carboxylic acids is 2. The van der Waals surface area contributed by atoms with Gasteiger partial charge < -0.3 is 16.0 Å². The van der Waals surface area contributed by atoms with E-state index < -0.39 is 33.6 Å². The zero-order valence-electron chi connectivity index (χ0n) is 14.2. The number of nitrogens with zero attached hydrogens (tertiary/aromatic N) is 1. The van der Waals surface area contributed by atoms with Gasteiger partial charge in [0.05, 0.1) is 18.2 Å². The molecule has 0 aliphatic rings. The van der Waals surface area contributed by atoms with Crippen molar-refractivity contribution in [3.05, 3.63) is 35.4 Å². The van der Waals surface area contributed by atoms with E-state index in [1.165, 1.54) is 0 Å². The molecule has 0 aromatic heterocycles. The van der Waals surface area contributed by atoms with Crippen molar-refractivity contribution in [1.82, 2.24) is 16.0 Å². The molecular weight excluding hydrogens is 344 g/mol. The van der Waals surface area contributed by atoms with Gasteiger partial charge in [-0.15, -0.1) is 0 Å². The van der Waals surface area contributed by atoms with Gasteiger partial charge >= 0.3 is 6.03 Å². The number of amides is 3. The van der Waals surface area contributed by atoms with Gasteiger partial charge in [0.2, 0.25) is 5.91 Å². The van der Waals surface area contributed by atoms with Crippen LogP contribution in [0, 0.1) is 18.3 Å². The molecule has 1 aromatic rings. The Bertz CT molecular complexity index is 756. The third-order valence-electron chi connectivity index (χ3n) is 3.16. The molecule has 0 radical (unpaired) electrons. The van der Waals surface area contributed by atoms with Crippen LogP contribution in [0.1, 0.15) is 17.5 Å². The van der Waals surface area contributed by atoms with Crippen LogP contribution in [0.4, 0.5) is 4.79 Å². The van der Waals surface area contributed by atoms with Crippen LogP contribution < -0.4 is 16.0 Å². The van der Waals surface area contributed by atoms with E-state index in [1.807, 2.05) is 37.3 Å². The van der Waals surface area contributed by atoms with E-state index in [2.05, 4.69) is 16.0 Å². The topological polar surface area (TPSA) is 128 Å². The standard InChI is InChI=1S/C16H22N4O4S/c1-12-5-3-6-13(9-12)10-19-16(22)20-14(11-25(2,23)24)15(21)18-8-4-7-17/h3,5-6,9,14H,4,8,10-11H2,1-2H3,(H,18,21)(H2,19,20,22). The number of nitrogens with one attached hydrogen (secondary N) is 3. The highest BCUT2D eigenvalue weighted by Crippen LogP contribution is 2.03. The van der Waals surface area contributed by atoms with Crippen molar-refractivity contribution >= 4 is 21.8 Å². The number of nitriles is 1. The zero-order chi connectivity index (χ0) is 18.9. The van der Waals surface area contributed by atoms with Crippen molar-refractivity contribution in [2.75, 3.05) is 18.6 Å². The molecule has 1 rings (SSSR count). The number of hydrogen-bond donors (Lipinski definition) is 3. The number of sulfone groups is 1. The maximum Gasteiger partial charge on any atom is 0.315 e. The van der Waals surface area contributed by atoms with Crippen molar-refractivity contribution in [3.8, 4) is 6.07 Å². The Labute approximate surface area is 147 Å². The lowest BCUT2D eigenvalue weighted by Gasteiger charge is -2.18. The van der Waals surface area contributed by atoms with E-state index in [1.54, 1.807) is 0 Å². The Morgan fingerprint density at radius 1 is 1.28 bits per heavy atom. The summed E-state index contributed by atoms with van der Waals surface area (Å²) in [6.45, 7) is 2.26. The number of hydrogen-bond acceptors (Lipinski definition) is 5. The normalized spacial score (nSPS) is 11.9. The minimum Gasteiger partial charge on any atom is -0.353 e. The summed E-state index contributed by atoms with van der Waals surface area (Å²) in [6, 6.07) is 7.52. The molecule has 25 heavy (non-hydrogen) atoms.